The molecule has 0 spiro atoms. The van der Waals surface area contributed by atoms with Crippen molar-refractivity contribution >= 4 is 10.8 Å². The van der Waals surface area contributed by atoms with Crippen molar-refractivity contribution < 1.29 is 8.95 Å². The van der Waals surface area contributed by atoms with Crippen molar-refractivity contribution in [3.05, 3.63) is 60.3 Å². The molecule has 0 aliphatic heterocycles. The molecule has 0 bridgehead atoms. The number of ether oxygens (including phenoxy) is 1. The van der Waals surface area contributed by atoms with Gasteiger partial charge in [-0.3, -0.25) is 4.21 Å². The summed E-state index contributed by atoms with van der Waals surface area (Å²) in [5.41, 5.74) is 3.26. The highest BCUT2D eigenvalue weighted by Gasteiger charge is 2.02. The Kier molecular flexibility index (Phi) is 4.29. The monoisotopic (exact) mass is 313 g/mol. The first-order valence-electron chi connectivity index (χ1n) is 6.74. The van der Waals surface area contributed by atoms with E-state index in [2.05, 4.69) is 15.4 Å². The van der Waals surface area contributed by atoms with E-state index in [1.165, 1.54) is 6.20 Å². The van der Waals surface area contributed by atoms with Gasteiger partial charge in [-0.1, -0.05) is 36.4 Å². The van der Waals surface area contributed by atoms with Crippen LogP contribution in [0.1, 0.15) is 5.56 Å². The Morgan fingerprint density at radius 1 is 1.05 bits per heavy atom. The van der Waals surface area contributed by atoms with Crippen LogP contribution in [0.4, 0.5) is 0 Å². The minimum absolute atomic E-state index is 0.445. The van der Waals surface area contributed by atoms with Crippen LogP contribution in [0.3, 0.4) is 0 Å². The summed E-state index contributed by atoms with van der Waals surface area (Å²) in [7, 11) is -0.945. The zero-order chi connectivity index (χ0) is 15.4. The zero-order valence-corrected chi connectivity index (χ0v) is 12.8. The molecular formula is C16H15N3O2S. The van der Waals surface area contributed by atoms with E-state index in [1.807, 2.05) is 48.5 Å². The molecule has 1 atom stereocenters. The molecule has 3 rings (SSSR count). The standard InChI is InChI=1S/C16H15N3O2S/c1-22(20)15-8-6-14(7-9-15)13-4-2-12(3-5-13)11-21-16-10-17-19-18-16/h2-10H,11H2,1H3,(H,17,18,19). The van der Waals surface area contributed by atoms with E-state index >= 15 is 0 Å². The molecular weight excluding hydrogens is 298 g/mol. The molecule has 1 heterocycles. The second-order valence-electron chi connectivity index (χ2n) is 4.77. The van der Waals surface area contributed by atoms with E-state index in [0.717, 1.165) is 21.6 Å². The van der Waals surface area contributed by atoms with Gasteiger partial charge in [0.2, 0.25) is 0 Å². The normalized spacial score (nSPS) is 12.0. The molecule has 0 radical (unpaired) electrons. The lowest BCUT2D eigenvalue weighted by Gasteiger charge is -2.06. The molecule has 112 valence electrons. The Labute approximate surface area is 130 Å². The molecule has 2 aromatic carbocycles. The summed E-state index contributed by atoms with van der Waals surface area (Å²) in [6.45, 7) is 0.445. The average molecular weight is 313 g/mol. The topological polar surface area (TPSA) is 67.9 Å². The third-order valence-electron chi connectivity index (χ3n) is 3.25. The maximum absolute atomic E-state index is 11.4. The van der Waals surface area contributed by atoms with Crippen molar-refractivity contribution in [3.8, 4) is 17.0 Å². The Bertz CT molecular complexity index is 753. The van der Waals surface area contributed by atoms with Crippen LogP contribution >= 0.6 is 0 Å². The Morgan fingerprint density at radius 2 is 1.68 bits per heavy atom. The number of hydrogen-bond acceptors (Lipinski definition) is 4. The minimum atomic E-state index is -0.945. The second-order valence-corrected chi connectivity index (χ2v) is 6.15. The van der Waals surface area contributed by atoms with E-state index in [0.29, 0.717) is 12.5 Å². The summed E-state index contributed by atoms with van der Waals surface area (Å²) >= 11 is 0. The number of benzene rings is 2. The van der Waals surface area contributed by atoms with Gasteiger partial charge in [0, 0.05) is 22.0 Å². The van der Waals surface area contributed by atoms with Crippen molar-refractivity contribution in [1.29, 1.82) is 0 Å². The van der Waals surface area contributed by atoms with E-state index in [4.69, 9.17) is 4.74 Å². The van der Waals surface area contributed by atoms with E-state index < -0.39 is 10.8 Å². The number of rotatable bonds is 5. The summed E-state index contributed by atoms with van der Waals surface area (Å²) < 4.78 is 16.9. The predicted molar refractivity (Wildman–Crippen MR) is 84.9 cm³/mol. The third kappa shape index (κ3) is 3.40. The molecule has 6 heteroatoms. The van der Waals surface area contributed by atoms with Crippen LogP contribution in [-0.2, 0) is 17.4 Å². The van der Waals surface area contributed by atoms with Gasteiger partial charge in [-0.25, -0.2) is 0 Å². The van der Waals surface area contributed by atoms with Gasteiger partial charge in [-0.05, 0) is 28.8 Å². The van der Waals surface area contributed by atoms with Crippen LogP contribution in [0.2, 0.25) is 0 Å². The molecule has 0 aliphatic carbocycles. The van der Waals surface area contributed by atoms with Crippen LogP contribution in [-0.4, -0.2) is 25.9 Å². The summed E-state index contributed by atoms with van der Waals surface area (Å²) in [6, 6.07) is 15.9. The molecule has 3 aromatic rings. The maximum Gasteiger partial charge on any atom is 0.253 e. The number of nitrogens with one attached hydrogen (secondary N) is 1. The molecule has 22 heavy (non-hydrogen) atoms. The fourth-order valence-corrected chi connectivity index (χ4v) is 2.57. The minimum Gasteiger partial charge on any atom is -0.471 e. The number of nitrogens with zero attached hydrogens (tertiary/aromatic N) is 2. The molecule has 0 saturated carbocycles. The average Bonchev–Trinajstić information content (AvgIpc) is 3.07. The quantitative estimate of drug-likeness (QED) is 0.786. The van der Waals surface area contributed by atoms with Crippen molar-refractivity contribution in [2.24, 2.45) is 0 Å². The van der Waals surface area contributed by atoms with Gasteiger partial charge in [0.05, 0.1) is 0 Å². The lowest BCUT2D eigenvalue weighted by atomic mass is 10.0. The largest absolute Gasteiger partial charge is 0.471 e. The van der Waals surface area contributed by atoms with Crippen LogP contribution in [0, 0.1) is 0 Å². The fraction of sp³-hybridized carbons (Fsp3) is 0.125. The maximum atomic E-state index is 11.4. The third-order valence-corrected chi connectivity index (χ3v) is 4.19. The highest BCUT2D eigenvalue weighted by Crippen LogP contribution is 2.21. The fourth-order valence-electron chi connectivity index (χ4n) is 2.05. The Balaban J connectivity index is 1.69. The van der Waals surface area contributed by atoms with Gasteiger partial charge in [0.15, 0.2) is 0 Å². The summed E-state index contributed by atoms with van der Waals surface area (Å²) in [5.74, 6) is 0.479. The summed E-state index contributed by atoms with van der Waals surface area (Å²) in [6.07, 6.45) is 3.21. The summed E-state index contributed by atoms with van der Waals surface area (Å²) in [5, 5.41) is 10.0. The van der Waals surface area contributed by atoms with Crippen molar-refractivity contribution in [2.45, 2.75) is 11.5 Å². The highest BCUT2D eigenvalue weighted by atomic mass is 32.2. The van der Waals surface area contributed by atoms with E-state index in [1.54, 1.807) is 6.26 Å². The SMILES string of the molecule is CS(=O)c1ccc(-c2ccc(COc3cn[nH]n3)cc2)cc1. The van der Waals surface area contributed by atoms with Crippen LogP contribution in [0.15, 0.2) is 59.6 Å². The van der Waals surface area contributed by atoms with Gasteiger partial charge in [-0.15, -0.1) is 5.10 Å². The lowest BCUT2D eigenvalue weighted by Crippen LogP contribution is -1.95. The van der Waals surface area contributed by atoms with Crippen LogP contribution in [0.5, 0.6) is 5.88 Å². The smallest absolute Gasteiger partial charge is 0.253 e. The molecule has 0 amide bonds. The van der Waals surface area contributed by atoms with Gasteiger partial charge in [0.25, 0.3) is 5.88 Å². The molecule has 0 aliphatic rings. The second kappa shape index (κ2) is 6.53. The molecule has 0 saturated heterocycles. The van der Waals surface area contributed by atoms with E-state index in [-0.39, 0.29) is 0 Å². The van der Waals surface area contributed by atoms with Crippen molar-refractivity contribution in [3.63, 3.8) is 0 Å². The molecule has 1 unspecified atom stereocenters. The first-order chi connectivity index (χ1) is 10.7. The number of hydrogen-bond donors (Lipinski definition) is 1. The molecule has 0 fully saturated rings. The molecule has 1 aromatic heterocycles. The predicted octanol–water partition coefficient (Wildman–Crippen LogP) is 2.79. The molecule has 1 N–H and O–H groups in total. The number of aromatic nitrogens is 3. The number of aromatic amines is 1. The van der Waals surface area contributed by atoms with Gasteiger partial charge < -0.3 is 4.74 Å². The lowest BCUT2D eigenvalue weighted by molar-refractivity contribution is 0.293. The zero-order valence-electron chi connectivity index (χ0n) is 12.0. The Morgan fingerprint density at radius 3 is 2.23 bits per heavy atom. The van der Waals surface area contributed by atoms with E-state index in [9.17, 15) is 4.21 Å². The highest BCUT2D eigenvalue weighted by molar-refractivity contribution is 7.84. The van der Waals surface area contributed by atoms with Gasteiger partial charge in [0.1, 0.15) is 12.8 Å². The first kappa shape index (κ1) is 14.5. The first-order valence-corrected chi connectivity index (χ1v) is 8.29. The summed E-state index contributed by atoms with van der Waals surface area (Å²) in [4.78, 5) is 0.835. The number of H-pyrrole nitrogens is 1. The van der Waals surface area contributed by atoms with Crippen LogP contribution < -0.4 is 4.74 Å². The van der Waals surface area contributed by atoms with Gasteiger partial charge >= 0.3 is 0 Å². The van der Waals surface area contributed by atoms with Crippen molar-refractivity contribution in [2.75, 3.05) is 6.26 Å². The van der Waals surface area contributed by atoms with Crippen molar-refractivity contribution in [1.82, 2.24) is 15.4 Å². The van der Waals surface area contributed by atoms with Gasteiger partial charge in [-0.2, -0.15) is 10.3 Å². The van der Waals surface area contributed by atoms with Crippen LogP contribution in [0.25, 0.3) is 11.1 Å². The molecule has 5 nitrogen and oxygen atoms in total. The Hall–Kier alpha value is -2.47.